The Balaban J connectivity index is 0.00000132. The Hall–Kier alpha value is -1.04. The van der Waals surface area contributed by atoms with Crippen molar-refractivity contribution in [1.82, 2.24) is 0 Å². The van der Waals surface area contributed by atoms with E-state index in [1.807, 2.05) is 6.07 Å². The lowest BCUT2D eigenvalue weighted by Crippen LogP contribution is -2.26. The second-order valence-electron chi connectivity index (χ2n) is 6.09. The van der Waals surface area contributed by atoms with Crippen molar-refractivity contribution >= 4 is 42.1 Å². The van der Waals surface area contributed by atoms with Crippen molar-refractivity contribution in [2.45, 2.75) is 38.1 Å². The smallest absolute Gasteiger partial charge is 0.227 e. The quantitative estimate of drug-likeness (QED) is 0.865. The van der Waals surface area contributed by atoms with Gasteiger partial charge < -0.3 is 16.0 Å². The molecule has 4 nitrogen and oxygen atoms in total. The minimum Gasteiger partial charge on any atom is -0.370 e. The predicted molar refractivity (Wildman–Crippen MR) is 96.3 cm³/mol. The molecule has 2 aliphatic rings. The molecule has 1 aromatic carbocycles. The van der Waals surface area contributed by atoms with Gasteiger partial charge in [-0.2, -0.15) is 0 Å². The van der Waals surface area contributed by atoms with E-state index in [2.05, 4.69) is 10.2 Å². The van der Waals surface area contributed by atoms with Gasteiger partial charge in [-0.1, -0.05) is 6.07 Å². The molecule has 0 radical (unpaired) electrons. The van der Waals surface area contributed by atoms with Crippen LogP contribution in [0.5, 0.6) is 0 Å². The molecule has 0 spiro atoms. The highest BCUT2D eigenvalue weighted by molar-refractivity contribution is 5.96. The third-order valence-electron chi connectivity index (χ3n) is 4.53. The predicted octanol–water partition coefficient (Wildman–Crippen LogP) is 3.34. The van der Waals surface area contributed by atoms with E-state index in [4.69, 9.17) is 5.73 Å². The van der Waals surface area contributed by atoms with E-state index in [-0.39, 0.29) is 48.5 Å². The van der Waals surface area contributed by atoms with Gasteiger partial charge in [-0.3, -0.25) is 4.79 Å². The zero-order chi connectivity index (χ0) is 14.8. The summed E-state index contributed by atoms with van der Waals surface area (Å²) in [7, 11) is 0. The molecule has 1 aromatic rings. The number of benzene rings is 1. The zero-order valence-corrected chi connectivity index (χ0v) is 14.6. The lowest BCUT2D eigenvalue weighted by molar-refractivity contribution is -0.119. The molecular formula is C16H24Cl2FN3O. The fourth-order valence-corrected chi connectivity index (χ4v) is 3.34. The van der Waals surface area contributed by atoms with Crippen molar-refractivity contribution in [1.29, 1.82) is 0 Å². The normalized spacial score (nSPS) is 23.1. The van der Waals surface area contributed by atoms with Crippen LogP contribution in [-0.2, 0) is 4.79 Å². The molecule has 7 heteroatoms. The molecule has 2 unspecified atom stereocenters. The second-order valence-corrected chi connectivity index (χ2v) is 6.09. The number of hydrogen-bond donors (Lipinski definition) is 2. The Morgan fingerprint density at radius 1 is 1.22 bits per heavy atom. The number of nitrogens with zero attached hydrogens (tertiary/aromatic N) is 1. The monoisotopic (exact) mass is 363 g/mol. The molecule has 0 aromatic heterocycles. The van der Waals surface area contributed by atoms with Gasteiger partial charge in [-0.05, 0) is 44.2 Å². The molecule has 2 fully saturated rings. The largest absolute Gasteiger partial charge is 0.370 e. The average molecular weight is 364 g/mol. The molecule has 23 heavy (non-hydrogen) atoms. The summed E-state index contributed by atoms with van der Waals surface area (Å²) in [5.41, 5.74) is 6.97. The number of para-hydroxylation sites is 1. The van der Waals surface area contributed by atoms with Gasteiger partial charge in [-0.15, -0.1) is 24.8 Å². The SMILES string of the molecule is Cl.Cl.NC1CCC(C(=O)Nc2c(F)cccc2N2CCCC2)C1. The van der Waals surface area contributed by atoms with Crippen LogP contribution in [0.2, 0.25) is 0 Å². The van der Waals surface area contributed by atoms with Crippen molar-refractivity contribution < 1.29 is 9.18 Å². The summed E-state index contributed by atoms with van der Waals surface area (Å²) >= 11 is 0. The topological polar surface area (TPSA) is 58.4 Å². The molecule has 1 aliphatic carbocycles. The molecule has 130 valence electrons. The number of anilines is 2. The van der Waals surface area contributed by atoms with Crippen molar-refractivity contribution in [2.75, 3.05) is 23.3 Å². The Morgan fingerprint density at radius 3 is 2.52 bits per heavy atom. The van der Waals surface area contributed by atoms with E-state index in [1.54, 1.807) is 6.07 Å². The Morgan fingerprint density at radius 2 is 1.91 bits per heavy atom. The molecule has 1 saturated carbocycles. The third kappa shape index (κ3) is 4.49. The van der Waals surface area contributed by atoms with Crippen LogP contribution in [0.4, 0.5) is 15.8 Å². The number of nitrogens with two attached hydrogens (primary N) is 1. The van der Waals surface area contributed by atoms with Gasteiger partial charge in [0.2, 0.25) is 5.91 Å². The number of halogens is 3. The third-order valence-corrected chi connectivity index (χ3v) is 4.53. The van der Waals surface area contributed by atoms with E-state index in [0.717, 1.165) is 44.5 Å². The van der Waals surface area contributed by atoms with Crippen LogP contribution in [0, 0.1) is 11.7 Å². The van der Waals surface area contributed by atoms with Crippen molar-refractivity contribution in [3.63, 3.8) is 0 Å². The van der Waals surface area contributed by atoms with Crippen molar-refractivity contribution in [2.24, 2.45) is 11.7 Å². The van der Waals surface area contributed by atoms with E-state index in [0.29, 0.717) is 12.1 Å². The molecule has 3 N–H and O–H groups in total. The van der Waals surface area contributed by atoms with Gasteiger partial charge >= 0.3 is 0 Å². The van der Waals surface area contributed by atoms with Crippen LogP contribution in [0.25, 0.3) is 0 Å². The molecule has 0 bridgehead atoms. The minimum atomic E-state index is -0.366. The first kappa shape index (κ1) is 20.0. The van der Waals surface area contributed by atoms with Crippen LogP contribution >= 0.6 is 24.8 Å². The van der Waals surface area contributed by atoms with Crippen LogP contribution in [-0.4, -0.2) is 25.0 Å². The van der Waals surface area contributed by atoms with Crippen molar-refractivity contribution in [3.05, 3.63) is 24.0 Å². The number of amides is 1. The standard InChI is InChI=1S/C16H22FN3O.2ClH/c17-13-4-3-5-14(20-8-1-2-9-20)15(13)19-16(21)11-6-7-12(18)10-11;;/h3-5,11-12H,1-2,6-10,18H2,(H,19,21);2*1H. The fourth-order valence-electron chi connectivity index (χ4n) is 3.34. The summed E-state index contributed by atoms with van der Waals surface area (Å²) in [6.07, 6.45) is 4.58. The number of carbonyl (C=O) groups is 1. The van der Waals surface area contributed by atoms with Gasteiger partial charge in [-0.25, -0.2) is 4.39 Å². The van der Waals surface area contributed by atoms with E-state index in [9.17, 15) is 9.18 Å². The van der Waals surface area contributed by atoms with Gasteiger partial charge in [0.25, 0.3) is 0 Å². The first-order valence-electron chi connectivity index (χ1n) is 7.75. The summed E-state index contributed by atoms with van der Waals surface area (Å²) in [6.45, 7) is 1.83. The zero-order valence-electron chi connectivity index (χ0n) is 13.0. The van der Waals surface area contributed by atoms with Gasteiger partial charge in [0.1, 0.15) is 11.5 Å². The summed E-state index contributed by atoms with van der Waals surface area (Å²) in [5.74, 6) is -0.561. The molecule has 1 saturated heterocycles. The maximum atomic E-state index is 14.2. The highest BCUT2D eigenvalue weighted by atomic mass is 35.5. The molecule has 3 rings (SSSR count). The maximum absolute atomic E-state index is 14.2. The molecule has 2 atom stereocenters. The number of nitrogens with one attached hydrogen (secondary N) is 1. The van der Waals surface area contributed by atoms with Gasteiger partial charge in [0.15, 0.2) is 0 Å². The van der Waals surface area contributed by atoms with Crippen molar-refractivity contribution in [3.8, 4) is 0 Å². The summed E-state index contributed by atoms with van der Waals surface area (Å²) in [5, 5.41) is 2.81. The number of rotatable bonds is 3. The summed E-state index contributed by atoms with van der Waals surface area (Å²) < 4.78 is 14.2. The highest BCUT2D eigenvalue weighted by Gasteiger charge is 2.29. The average Bonchev–Trinajstić information content (AvgIpc) is 3.12. The van der Waals surface area contributed by atoms with E-state index in [1.165, 1.54) is 6.07 Å². The molecule has 1 heterocycles. The lowest BCUT2D eigenvalue weighted by atomic mass is 10.1. The van der Waals surface area contributed by atoms with Crippen LogP contribution < -0.4 is 16.0 Å². The first-order chi connectivity index (χ1) is 10.1. The lowest BCUT2D eigenvalue weighted by Gasteiger charge is -2.22. The van der Waals surface area contributed by atoms with Crippen LogP contribution in [0.1, 0.15) is 32.1 Å². The Labute approximate surface area is 148 Å². The number of carbonyl (C=O) groups excluding carboxylic acids is 1. The first-order valence-corrected chi connectivity index (χ1v) is 7.75. The minimum absolute atomic E-state index is 0. The highest BCUT2D eigenvalue weighted by Crippen LogP contribution is 2.33. The van der Waals surface area contributed by atoms with Gasteiger partial charge in [0, 0.05) is 25.0 Å². The molecule has 1 amide bonds. The summed E-state index contributed by atoms with van der Waals surface area (Å²) in [6, 6.07) is 5.07. The van der Waals surface area contributed by atoms with Crippen LogP contribution in [0.3, 0.4) is 0 Å². The van der Waals surface area contributed by atoms with E-state index < -0.39 is 0 Å². The molecule has 1 aliphatic heterocycles. The number of hydrogen-bond acceptors (Lipinski definition) is 3. The maximum Gasteiger partial charge on any atom is 0.227 e. The Bertz CT molecular complexity index is 538. The Kier molecular flexibility index (Phi) is 7.58. The fraction of sp³-hybridized carbons (Fsp3) is 0.562. The second kappa shape index (κ2) is 8.71. The molecular weight excluding hydrogens is 340 g/mol. The van der Waals surface area contributed by atoms with E-state index >= 15 is 0 Å². The van der Waals surface area contributed by atoms with Crippen LogP contribution in [0.15, 0.2) is 18.2 Å². The summed E-state index contributed by atoms with van der Waals surface area (Å²) in [4.78, 5) is 14.5. The van der Waals surface area contributed by atoms with Gasteiger partial charge in [0.05, 0.1) is 5.69 Å².